The molecule has 0 spiro atoms. The normalized spacial score (nSPS) is 10.7. The summed E-state index contributed by atoms with van der Waals surface area (Å²) in [6.07, 6.45) is 0. The van der Waals surface area contributed by atoms with E-state index < -0.39 is 0 Å². The number of ether oxygens (including phenoxy) is 1. The molecule has 4 rings (SSSR count). The van der Waals surface area contributed by atoms with Crippen LogP contribution >= 0.6 is 39.7 Å². The summed E-state index contributed by atoms with van der Waals surface area (Å²) < 4.78 is 6.37. The summed E-state index contributed by atoms with van der Waals surface area (Å²) in [5.74, 6) is 0.994. The van der Waals surface area contributed by atoms with E-state index in [0.717, 1.165) is 38.1 Å². The number of carbonyl (C=O) groups is 1. The van der Waals surface area contributed by atoms with Crippen molar-refractivity contribution < 1.29 is 9.53 Å². The maximum Gasteiger partial charge on any atom is 0.264 e. The number of nitrogens with one attached hydrogen (secondary N) is 3. The van der Waals surface area contributed by atoms with Crippen LogP contribution in [-0.2, 0) is 4.79 Å². The monoisotopic (exact) mass is 528 g/mol. The van der Waals surface area contributed by atoms with Crippen molar-refractivity contribution >= 4 is 67.5 Å². The van der Waals surface area contributed by atoms with Crippen LogP contribution in [0.4, 0.5) is 5.69 Å². The second kappa shape index (κ2) is 9.68. The molecule has 0 aliphatic carbocycles. The third-order valence-corrected chi connectivity index (χ3v) is 5.75. The number of rotatable bonds is 5. The summed E-state index contributed by atoms with van der Waals surface area (Å²) in [4.78, 5) is 20.0. The SMILES string of the molecule is Cc1cc2[nH]c(-c3ccc(NC(=S)NC(=O)COc4ccc(Br)cc4)cc3)nc2cc1Cl. The fourth-order valence-corrected chi connectivity index (χ4v) is 3.65. The Labute approximate surface area is 203 Å². The van der Waals surface area contributed by atoms with Gasteiger partial charge in [-0.2, -0.15) is 0 Å². The maximum absolute atomic E-state index is 12.1. The van der Waals surface area contributed by atoms with Gasteiger partial charge < -0.3 is 15.0 Å². The summed E-state index contributed by atoms with van der Waals surface area (Å²) >= 11 is 14.8. The number of thiocarbonyl (C=S) groups is 1. The van der Waals surface area contributed by atoms with Crippen molar-refractivity contribution in [2.24, 2.45) is 0 Å². The molecule has 0 unspecified atom stereocenters. The molecule has 1 aromatic heterocycles. The average molecular weight is 530 g/mol. The summed E-state index contributed by atoms with van der Waals surface area (Å²) in [6, 6.07) is 18.6. The first-order valence-electron chi connectivity index (χ1n) is 9.63. The van der Waals surface area contributed by atoms with Gasteiger partial charge in [0.1, 0.15) is 11.6 Å². The van der Waals surface area contributed by atoms with E-state index in [4.69, 9.17) is 28.6 Å². The molecule has 0 aliphatic rings. The van der Waals surface area contributed by atoms with Crippen molar-refractivity contribution in [3.63, 3.8) is 0 Å². The van der Waals surface area contributed by atoms with Crippen molar-refractivity contribution in [3.05, 3.63) is 75.7 Å². The Kier molecular flexibility index (Phi) is 6.74. The molecular weight excluding hydrogens is 512 g/mol. The third kappa shape index (κ3) is 5.45. The van der Waals surface area contributed by atoms with Gasteiger partial charge in [0.2, 0.25) is 0 Å². The van der Waals surface area contributed by atoms with Crippen LogP contribution in [0, 0.1) is 6.92 Å². The third-order valence-electron chi connectivity index (χ3n) is 4.62. The standard InChI is InChI=1S/C23H18BrClN4O2S/c1-13-10-19-20(11-18(13)25)28-22(27-19)14-2-6-16(7-3-14)26-23(32)29-21(30)12-31-17-8-4-15(24)5-9-17/h2-11H,12H2,1H3,(H,27,28)(H2,26,29,30,32). The minimum absolute atomic E-state index is 0.141. The van der Waals surface area contributed by atoms with Crippen LogP contribution in [0.5, 0.6) is 5.75 Å². The number of halogens is 2. The zero-order valence-corrected chi connectivity index (χ0v) is 20.1. The van der Waals surface area contributed by atoms with Gasteiger partial charge in [0, 0.05) is 20.7 Å². The predicted molar refractivity (Wildman–Crippen MR) is 135 cm³/mol. The first-order valence-corrected chi connectivity index (χ1v) is 11.2. The molecule has 0 saturated heterocycles. The van der Waals surface area contributed by atoms with E-state index in [1.165, 1.54) is 0 Å². The van der Waals surface area contributed by atoms with Gasteiger partial charge >= 0.3 is 0 Å². The average Bonchev–Trinajstić information content (AvgIpc) is 3.16. The highest BCUT2D eigenvalue weighted by atomic mass is 79.9. The van der Waals surface area contributed by atoms with E-state index in [0.29, 0.717) is 10.8 Å². The molecule has 9 heteroatoms. The molecule has 6 nitrogen and oxygen atoms in total. The fourth-order valence-electron chi connectivity index (χ4n) is 2.99. The van der Waals surface area contributed by atoms with Gasteiger partial charge in [-0.05, 0) is 85.4 Å². The van der Waals surface area contributed by atoms with E-state index >= 15 is 0 Å². The number of anilines is 1. The smallest absolute Gasteiger partial charge is 0.264 e. The van der Waals surface area contributed by atoms with Gasteiger partial charge in [0.05, 0.1) is 11.0 Å². The zero-order chi connectivity index (χ0) is 22.7. The molecular formula is C23H18BrClN4O2S. The fraction of sp³-hybridized carbons (Fsp3) is 0.0870. The van der Waals surface area contributed by atoms with Crippen molar-refractivity contribution in [2.45, 2.75) is 6.92 Å². The quantitative estimate of drug-likeness (QED) is 0.283. The van der Waals surface area contributed by atoms with Crippen molar-refractivity contribution in [2.75, 3.05) is 11.9 Å². The van der Waals surface area contributed by atoms with Gasteiger partial charge in [0.25, 0.3) is 5.91 Å². The molecule has 0 atom stereocenters. The van der Waals surface area contributed by atoms with E-state index in [-0.39, 0.29) is 17.6 Å². The molecule has 1 amide bonds. The molecule has 0 saturated carbocycles. The topological polar surface area (TPSA) is 79.0 Å². The molecule has 32 heavy (non-hydrogen) atoms. The molecule has 3 N–H and O–H groups in total. The number of aryl methyl sites for hydroxylation is 1. The number of amides is 1. The molecule has 0 radical (unpaired) electrons. The van der Waals surface area contributed by atoms with Crippen LogP contribution in [0.25, 0.3) is 22.4 Å². The number of imidazole rings is 1. The first kappa shape index (κ1) is 22.3. The lowest BCUT2D eigenvalue weighted by atomic mass is 10.2. The number of H-pyrrole nitrogens is 1. The molecule has 1 heterocycles. The number of fused-ring (bicyclic) bond motifs is 1. The van der Waals surface area contributed by atoms with E-state index in [1.54, 1.807) is 12.1 Å². The summed E-state index contributed by atoms with van der Waals surface area (Å²) in [5, 5.41) is 6.47. The highest BCUT2D eigenvalue weighted by molar-refractivity contribution is 9.10. The number of aromatic amines is 1. The molecule has 3 aromatic carbocycles. The van der Waals surface area contributed by atoms with Gasteiger partial charge in [-0.15, -0.1) is 0 Å². The van der Waals surface area contributed by atoms with Gasteiger partial charge in [-0.25, -0.2) is 4.98 Å². The lowest BCUT2D eigenvalue weighted by Crippen LogP contribution is -2.37. The largest absolute Gasteiger partial charge is 0.484 e. The molecule has 162 valence electrons. The molecule has 4 aromatic rings. The van der Waals surface area contributed by atoms with Crippen LogP contribution in [0.3, 0.4) is 0 Å². The van der Waals surface area contributed by atoms with Crippen molar-refractivity contribution in [1.82, 2.24) is 15.3 Å². The number of hydrogen-bond donors (Lipinski definition) is 3. The number of benzene rings is 3. The van der Waals surface area contributed by atoms with E-state index in [9.17, 15) is 4.79 Å². The van der Waals surface area contributed by atoms with E-state index in [2.05, 4.69) is 36.5 Å². The minimum atomic E-state index is -0.349. The highest BCUT2D eigenvalue weighted by Crippen LogP contribution is 2.26. The van der Waals surface area contributed by atoms with E-state index in [1.807, 2.05) is 55.5 Å². The first-order chi connectivity index (χ1) is 15.4. The van der Waals surface area contributed by atoms with Gasteiger partial charge in [-0.3, -0.25) is 10.1 Å². The molecule has 0 bridgehead atoms. The Morgan fingerprint density at radius 1 is 1.16 bits per heavy atom. The van der Waals surface area contributed by atoms with Crippen LogP contribution in [0.1, 0.15) is 5.56 Å². The Balaban J connectivity index is 1.33. The van der Waals surface area contributed by atoms with Crippen LogP contribution < -0.4 is 15.4 Å². The number of hydrogen-bond acceptors (Lipinski definition) is 4. The number of nitrogens with zero attached hydrogens (tertiary/aromatic N) is 1. The minimum Gasteiger partial charge on any atom is -0.484 e. The van der Waals surface area contributed by atoms with Crippen LogP contribution in [0.15, 0.2) is 65.1 Å². The van der Waals surface area contributed by atoms with Gasteiger partial charge in [0.15, 0.2) is 11.7 Å². The predicted octanol–water partition coefficient (Wildman–Crippen LogP) is 5.85. The summed E-state index contributed by atoms with van der Waals surface area (Å²) in [6.45, 7) is 1.81. The second-order valence-electron chi connectivity index (χ2n) is 7.03. The lowest BCUT2D eigenvalue weighted by molar-refractivity contribution is -0.121. The Bertz CT molecular complexity index is 1250. The molecule has 0 fully saturated rings. The second-order valence-corrected chi connectivity index (χ2v) is 8.76. The van der Waals surface area contributed by atoms with Crippen molar-refractivity contribution in [1.29, 1.82) is 0 Å². The highest BCUT2D eigenvalue weighted by Gasteiger charge is 2.09. The Morgan fingerprint density at radius 2 is 1.88 bits per heavy atom. The molecule has 0 aliphatic heterocycles. The Hall–Kier alpha value is -2.94. The van der Waals surface area contributed by atoms with Crippen LogP contribution in [0.2, 0.25) is 5.02 Å². The Morgan fingerprint density at radius 3 is 2.59 bits per heavy atom. The number of aromatic nitrogens is 2. The number of carbonyl (C=O) groups excluding carboxylic acids is 1. The zero-order valence-electron chi connectivity index (χ0n) is 16.9. The van der Waals surface area contributed by atoms with Gasteiger partial charge in [-0.1, -0.05) is 27.5 Å². The lowest BCUT2D eigenvalue weighted by Gasteiger charge is -2.11. The maximum atomic E-state index is 12.1. The summed E-state index contributed by atoms with van der Waals surface area (Å²) in [5.41, 5.74) is 4.39. The van der Waals surface area contributed by atoms with Crippen LogP contribution in [-0.4, -0.2) is 27.6 Å². The van der Waals surface area contributed by atoms with Crippen molar-refractivity contribution in [3.8, 4) is 17.1 Å². The summed E-state index contributed by atoms with van der Waals surface area (Å²) in [7, 11) is 0.